The lowest BCUT2D eigenvalue weighted by Crippen LogP contribution is -2.53. The number of morpholine rings is 1. The minimum absolute atomic E-state index is 0.166. The van der Waals surface area contributed by atoms with Gasteiger partial charge in [-0.15, -0.1) is 0 Å². The van der Waals surface area contributed by atoms with E-state index in [9.17, 15) is 9.59 Å². The molecule has 0 radical (unpaired) electrons. The average Bonchev–Trinajstić information content (AvgIpc) is 2.42. The van der Waals surface area contributed by atoms with Crippen molar-refractivity contribution in [2.45, 2.75) is 6.10 Å². The summed E-state index contributed by atoms with van der Waals surface area (Å²) in [6, 6.07) is -0.374. The first-order valence-electron chi connectivity index (χ1n) is 6.05. The monoisotopic (exact) mass is 276 g/mol. The van der Waals surface area contributed by atoms with Gasteiger partial charge >= 0.3 is 12.0 Å². The number of methoxy groups -OCH3 is 1. The first-order chi connectivity index (χ1) is 9.08. The third-order valence-electron chi connectivity index (χ3n) is 2.77. The van der Waals surface area contributed by atoms with Crippen molar-refractivity contribution in [1.29, 1.82) is 0 Å². The quantitative estimate of drug-likeness (QED) is 0.634. The number of rotatable bonds is 6. The molecule has 8 heteroatoms. The van der Waals surface area contributed by atoms with Crippen molar-refractivity contribution >= 4 is 12.0 Å². The molecule has 1 aliphatic heterocycles. The lowest BCUT2D eigenvalue weighted by molar-refractivity contribution is -0.138. The van der Waals surface area contributed by atoms with Gasteiger partial charge < -0.3 is 29.5 Å². The van der Waals surface area contributed by atoms with Crippen molar-refractivity contribution in [3.8, 4) is 0 Å². The van der Waals surface area contributed by atoms with Crippen LogP contribution in [-0.4, -0.2) is 91.2 Å². The molecule has 1 atom stereocenters. The summed E-state index contributed by atoms with van der Waals surface area (Å²) < 4.78 is 10.1. The summed E-state index contributed by atoms with van der Waals surface area (Å²) in [5.74, 6) is -1.07. The summed E-state index contributed by atoms with van der Waals surface area (Å²) in [6.07, 6.45) is -0.410. The second-order valence-electron chi connectivity index (χ2n) is 4.21. The van der Waals surface area contributed by atoms with E-state index in [0.717, 1.165) is 0 Å². The predicted octanol–water partition coefficient (Wildman–Crippen LogP) is -1.17. The number of hydrogen-bond donors (Lipinski definition) is 2. The maximum absolute atomic E-state index is 12.2. The summed E-state index contributed by atoms with van der Waals surface area (Å²) in [5.41, 5.74) is 0. The molecule has 0 aromatic carbocycles. The van der Waals surface area contributed by atoms with E-state index < -0.39 is 12.1 Å². The number of nitrogens with zero attached hydrogens (tertiary/aromatic N) is 2. The van der Waals surface area contributed by atoms with E-state index in [-0.39, 0.29) is 38.9 Å². The van der Waals surface area contributed by atoms with Gasteiger partial charge in [0.2, 0.25) is 0 Å². The molecule has 1 heterocycles. The molecular formula is C11H20N2O6. The SMILES string of the molecule is COCCN(CC(=O)O)C(=O)N1CCOC(CO)C1. The Morgan fingerprint density at radius 3 is 2.84 bits per heavy atom. The van der Waals surface area contributed by atoms with E-state index in [4.69, 9.17) is 19.7 Å². The number of carboxylic acid groups (broad SMARTS) is 1. The summed E-state index contributed by atoms with van der Waals surface area (Å²) in [4.78, 5) is 25.7. The molecule has 0 saturated carbocycles. The predicted molar refractivity (Wildman–Crippen MR) is 64.9 cm³/mol. The fraction of sp³-hybridized carbons (Fsp3) is 0.818. The Hall–Kier alpha value is -1.38. The topological polar surface area (TPSA) is 99.5 Å². The van der Waals surface area contributed by atoms with E-state index in [1.807, 2.05) is 0 Å². The molecule has 1 rings (SSSR count). The zero-order chi connectivity index (χ0) is 14.3. The maximum atomic E-state index is 12.2. The van der Waals surface area contributed by atoms with Gasteiger partial charge in [0, 0.05) is 20.2 Å². The van der Waals surface area contributed by atoms with Gasteiger partial charge in [0.25, 0.3) is 0 Å². The minimum atomic E-state index is -1.07. The Kier molecular flexibility index (Phi) is 6.54. The first kappa shape index (κ1) is 15.7. The van der Waals surface area contributed by atoms with Crippen molar-refractivity contribution < 1.29 is 29.3 Å². The van der Waals surface area contributed by atoms with Crippen LogP contribution in [0, 0.1) is 0 Å². The van der Waals surface area contributed by atoms with Gasteiger partial charge in [0.05, 0.1) is 32.5 Å². The molecule has 1 saturated heterocycles. The van der Waals surface area contributed by atoms with Gasteiger partial charge in [-0.2, -0.15) is 0 Å². The Balaban J connectivity index is 2.60. The third kappa shape index (κ3) is 5.01. The van der Waals surface area contributed by atoms with Crippen molar-refractivity contribution in [3.05, 3.63) is 0 Å². The zero-order valence-corrected chi connectivity index (χ0v) is 10.9. The Bertz CT molecular complexity index is 312. The molecule has 2 N–H and O–H groups in total. The van der Waals surface area contributed by atoms with Gasteiger partial charge in [0.1, 0.15) is 6.54 Å². The van der Waals surface area contributed by atoms with Crippen molar-refractivity contribution in [2.75, 3.05) is 53.1 Å². The van der Waals surface area contributed by atoms with Crippen molar-refractivity contribution in [1.82, 2.24) is 9.80 Å². The number of aliphatic hydroxyl groups is 1. The highest BCUT2D eigenvalue weighted by molar-refractivity contribution is 5.80. The second-order valence-corrected chi connectivity index (χ2v) is 4.21. The molecule has 0 bridgehead atoms. The normalized spacial score (nSPS) is 19.3. The van der Waals surface area contributed by atoms with Gasteiger partial charge in [-0.3, -0.25) is 4.79 Å². The largest absolute Gasteiger partial charge is 0.480 e. The molecule has 0 aromatic heterocycles. The molecule has 19 heavy (non-hydrogen) atoms. The molecule has 1 aliphatic rings. The highest BCUT2D eigenvalue weighted by Gasteiger charge is 2.28. The Labute approximate surface area is 111 Å². The van der Waals surface area contributed by atoms with Gasteiger partial charge in [-0.05, 0) is 0 Å². The minimum Gasteiger partial charge on any atom is -0.480 e. The van der Waals surface area contributed by atoms with Gasteiger partial charge in [-0.1, -0.05) is 0 Å². The molecule has 2 amide bonds. The summed E-state index contributed by atoms with van der Waals surface area (Å²) >= 11 is 0. The van der Waals surface area contributed by atoms with Crippen LogP contribution in [0.3, 0.4) is 0 Å². The maximum Gasteiger partial charge on any atom is 0.323 e. The molecule has 0 spiro atoms. The number of urea groups is 1. The smallest absolute Gasteiger partial charge is 0.323 e. The summed E-state index contributed by atoms with van der Waals surface area (Å²) in [7, 11) is 1.49. The van der Waals surface area contributed by atoms with Crippen LogP contribution >= 0.6 is 0 Å². The van der Waals surface area contributed by atoms with E-state index in [1.54, 1.807) is 0 Å². The number of ether oxygens (including phenoxy) is 2. The van der Waals surface area contributed by atoms with Crippen LogP contribution in [0.5, 0.6) is 0 Å². The standard InChI is InChI=1S/C11H20N2O6/c1-18-4-2-13(7-10(15)16)11(17)12-3-5-19-9(6-12)8-14/h9,14H,2-8H2,1H3,(H,15,16). The molecule has 0 aliphatic carbocycles. The fourth-order valence-corrected chi connectivity index (χ4v) is 1.81. The number of aliphatic hydroxyl groups excluding tert-OH is 1. The second kappa shape index (κ2) is 7.93. The lowest BCUT2D eigenvalue weighted by Gasteiger charge is -2.35. The van der Waals surface area contributed by atoms with E-state index in [0.29, 0.717) is 13.2 Å². The van der Waals surface area contributed by atoms with Crippen LogP contribution in [0.15, 0.2) is 0 Å². The van der Waals surface area contributed by atoms with E-state index >= 15 is 0 Å². The zero-order valence-electron chi connectivity index (χ0n) is 10.9. The molecule has 110 valence electrons. The van der Waals surface area contributed by atoms with Crippen molar-refractivity contribution in [2.24, 2.45) is 0 Å². The third-order valence-corrected chi connectivity index (χ3v) is 2.77. The van der Waals surface area contributed by atoms with E-state index in [2.05, 4.69) is 0 Å². The van der Waals surface area contributed by atoms with Crippen LogP contribution in [0.4, 0.5) is 4.79 Å². The molecule has 1 fully saturated rings. The van der Waals surface area contributed by atoms with Crippen LogP contribution in [0.2, 0.25) is 0 Å². The molecule has 8 nitrogen and oxygen atoms in total. The highest BCUT2D eigenvalue weighted by Crippen LogP contribution is 2.08. The first-order valence-corrected chi connectivity index (χ1v) is 6.05. The van der Waals surface area contributed by atoms with Gasteiger partial charge in [-0.25, -0.2) is 4.79 Å². The lowest BCUT2D eigenvalue weighted by atomic mass is 10.3. The highest BCUT2D eigenvalue weighted by atomic mass is 16.5. The van der Waals surface area contributed by atoms with Crippen LogP contribution in [0.1, 0.15) is 0 Å². The molecular weight excluding hydrogens is 256 g/mol. The van der Waals surface area contributed by atoms with Crippen LogP contribution in [-0.2, 0) is 14.3 Å². The summed E-state index contributed by atoms with van der Waals surface area (Å²) in [5, 5.41) is 17.8. The van der Waals surface area contributed by atoms with Gasteiger partial charge in [0.15, 0.2) is 0 Å². The number of carboxylic acids is 1. The van der Waals surface area contributed by atoms with Crippen molar-refractivity contribution in [3.63, 3.8) is 0 Å². The average molecular weight is 276 g/mol. The number of aliphatic carboxylic acids is 1. The van der Waals surface area contributed by atoms with Crippen LogP contribution < -0.4 is 0 Å². The Morgan fingerprint density at radius 2 is 2.26 bits per heavy atom. The Morgan fingerprint density at radius 1 is 1.53 bits per heavy atom. The fourth-order valence-electron chi connectivity index (χ4n) is 1.81. The number of carbonyl (C=O) groups is 2. The van der Waals surface area contributed by atoms with E-state index in [1.165, 1.54) is 16.9 Å². The molecule has 0 aromatic rings. The summed E-state index contributed by atoms with van der Waals surface area (Å²) in [6.45, 7) is 0.929. The number of carbonyl (C=O) groups excluding carboxylic acids is 1. The molecule has 1 unspecified atom stereocenters. The van der Waals surface area contributed by atoms with Crippen LogP contribution in [0.25, 0.3) is 0 Å². The number of hydrogen-bond acceptors (Lipinski definition) is 5. The number of amides is 2.